The molecule has 1 rings (SSSR count). The molecule has 0 aromatic heterocycles. The van der Waals surface area contributed by atoms with Crippen LogP contribution in [0.5, 0.6) is 0 Å². The fraction of sp³-hybridized carbons (Fsp3) is 1.00. The van der Waals surface area contributed by atoms with E-state index >= 15 is 0 Å². The van der Waals surface area contributed by atoms with Crippen LogP contribution in [-0.4, -0.2) is 35.3 Å². The molecule has 1 aliphatic rings. The number of nitrogens with zero attached hydrogens (tertiary/aromatic N) is 2. The van der Waals surface area contributed by atoms with Crippen molar-refractivity contribution in [3.05, 3.63) is 10.1 Å². The highest BCUT2D eigenvalue weighted by molar-refractivity contribution is 4.71. The molecule has 1 heterocycles. The van der Waals surface area contributed by atoms with Gasteiger partial charge in [0, 0.05) is 6.54 Å². The fourth-order valence-electron chi connectivity index (χ4n) is 1.67. The monoisotopic (exact) mass is 190 g/mol. The first-order valence-electron chi connectivity index (χ1n) is 4.58. The van der Waals surface area contributed by atoms with Crippen LogP contribution in [0.3, 0.4) is 0 Å². The normalized spacial score (nSPS) is 22.2. The molecule has 0 amide bonds. The molecule has 0 bridgehead atoms. The van der Waals surface area contributed by atoms with Crippen LogP contribution in [0.15, 0.2) is 0 Å². The molecule has 78 valence electrons. The quantitative estimate of drug-likeness (QED) is 0.528. The maximum atomic E-state index is 8.36. The molecule has 0 aliphatic carbocycles. The number of hydrogen-bond acceptors (Lipinski definition) is 3. The standard InChI is InChI=1S/C8H17N.HNO3/c1-3-4-8-5-6-9(2)7-8;2-1(3)4/h8H,3-7H2,1-2H3;(H,2,3,4). The minimum Gasteiger partial charge on any atom is -0.328 e. The number of likely N-dealkylation sites (tertiary alicyclic amines) is 1. The average molecular weight is 190 g/mol. The van der Waals surface area contributed by atoms with E-state index in [2.05, 4.69) is 18.9 Å². The zero-order valence-electron chi connectivity index (χ0n) is 8.27. The van der Waals surface area contributed by atoms with Crippen molar-refractivity contribution in [2.24, 2.45) is 5.92 Å². The third-order valence-corrected chi connectivity index (χ3v) is 2.19. The molecule has 5 nitrogen and oxygen atoms in total. The molecule has 5 heteroatoms. The molecular formula is C8H18N2O3. The van der Waals surface area contributed by atoms with Crippen LogP contribution >= 0.6 is 0 Å². The lowest BCUT2D eigenvalue weighted by Gasteiger charge is -2.07. The van der Waals surface area contributed by atoms with Crippen LogP contribution < -0.4 is 0 Å². The van der Waals surface area contributed by atoms with E-state index in [1.165, 1.54) is 32.4 Å². The summed E-state index contributed by atoms with van der Waals surface area (Å²) in [5.41, 5.74) is 0. The van der Waals surface area contributed by atoms with E-state index in [1.807, 2.05) is 0 Å². The van der Waals surface area contributed by atoms with Crippen molar-refractivity contribution < 1.29 is 10.3 Å². The van der Waals surface area contributed by atoms with Gasteiger partial charge in [0.15, 0.2) is 0 Å². The molecule has 0 aromatic rings. The summed E-state index contributed by atoms with van der Waals surface area (Å²) in [5.74, 6) is 1.01. The Kier molecular flexibility index (Phi) is 6.22. The summed E-state index contributed by atoms with van der Waals surface area (Å²) in [6, 6.07) is 0. The summed E-state index contributed by atoms with van der Waals surface area (Å²) in [7, 11) is 2.22. The third kappa shape index (κ3) is 7.52. The Bertz CT molecular complexity index is 146. The Labute approximate surface area is 78.5 Å². The number of hydrogen-bond donors (Lipinski definition) is 1. The van der Waals surface area contributed by atoms with Gasteiger partial charge in [0.05, 0.1) is 0 Å². The molecule has 1 N–H and O–H groups in total. The van der Waals surface area contributed by atoms with Gasteiger partial charge in [0.25, 0.3) is 5.09 Å². The maximum absolute atomic E-state index is 8.36. The van der Waals surface area contributed by atoms with Crippen LogP contribution in [0.4, 0.5) is 0 Å². The largest absolute Gasteiger partial charge is 0.328 e. The second-order valence-electron chi connectivity index (χ2n) is 3.44. The molecule has 1 atom stereocenters. The van der Waals surface area contributed by atoms with Crippen molar-refractivity contribution in [2.75, 3.05) is 20.1 Å². The van der Waals surface area contributed by atoms with E-state index in [4.69, 9.17) is 15.3 Å². The van der Waals surface area contributed by atoms with E-state index in [1.54, 1.807) is 0 Å². The van der Waals surface area contributed by atoms with Gasteiger partial charge >= 0.3 is 0 Å². The van der Waals surface area contributed by atoms with Crippen molar-refractivity contribution in [1.29, 1.82) is 0 Å². The lowest BCUT2D eigenvalue weighted by molar-refractivity contribution is -0.742. The van der Waals surface area contributed by atoms with Crippen molar-refractivity contribution in [3.8, 4) is 0 Å². The predicted molar refractivity (Wildman–Crippen MR) is 49.3 cm³/mol. The molecule has 1 aliphatic heterocycles. The van der Waals surface area contributed by atoms with Crippen molar-refractivity contribution >= 4 is 0 Å². The molecular weight excluding hydrogens is 172 g/mol. The van der Waals surface area contributed by atoms with E-state index < -0.39 is 5.09 Å². The van der Waals surface area contributed by atoms with Crippen molar-refractivity contribution in [3.63, 3.8) is 0 Å². The predicted octanol–water partition coefficient (Wildman–Crippen LogP) is 1.39. The first-order chi connectivity index (χ1) is 6.06. The van der Waals surface area contributed by atoms with Crippen LogP contribution in [0.2, 0.25) is 0 Å². The molecule has 1 saturated heterocycles. The van der Waals surface area contributed by atoms with E-state index in [-0.39, 0.29) is 0 Å². The van der Waals surface area contributed by atoms with Gasteiger partial charge < -0.3 is 10.1 Å². The second kappa shape index (κ2) is 6.65. The van der Waals surface area contributed by atoms with E-state index in [9.17, 15) is 0 Å². The van der Waals surface area contributed by atoms with Gasteiger partial charge in [-0.15, -0.1) is 10.1 Å². The molecule has 0 saturated carbocycles. The Balaban J connectivity index is 0.000000310. The highest BCUT2D eigenvalue weighted by atomic mass is 16.9. The molecule has 0 radical (unpaired) electrons. The van der Waals surface area contributed by atoms with Crippen LogP contribution in [0, 0.1) is 16.0 Å². The minimum atomic E-state index is -1.50. The Hall–Kier alpha value is -0.840. The lowest BCUT2D eigenvalue weighted by atomic mass is 10.0. The molecule has 0 aromatic carbocycles. The van der Waals surface area contributed by atoms with Gasteiger partial charge in [-0.1, -0.05) is 13.3 Å². The zero-order chi connectivity index (χ0) is 10.3. The Morgan fingerprint density at radius 2 is 2.23 bits per heavy atom. The molecule has 13 heavy (non-hydrogen) atoms. The SMILES string of the molecule is CCCC1CCN(C)C1.O=[N+]([O-])O. The Morgan fingerprint density at radius 1 is 1.69 bits per heavy atom. The third-order valence-electron chi connectivity index (χ3n) is 2.19. The summed E-state index contributed by atoms with van der Waals surface area (Å²) < 4.78 is 0. The van der Waals surface area contributed by atoms with Gasteiger partial charge in [0.2, 0.25) is 0 Å². The van der Waals surface area contributed by atoms with Crippen molar-refractivity contribution in [2.45, 2.75) is 26.2 Å². The summed E-state index contributed by atoms with van der Waals surface area (Å²) in [5, 5.41) is 13.6. The molecule has 0 spiro atoms. The van der Waals surface area contributed by atoms with Crippen molar-refractivity contribution in [1.82, 2.24) is 4.90 Å². The van der Waals surface area contributed by atoms with Gasteiger partial charge in [-0.05, 0) is 32.4 Å². The second-order valence-corrected chi connectivity index (χ2v) is 3.44. The summed E-state index contributed by atoms with van der Waals surface area (Å²) in [6.07, 6.45) is 4.23. The van der Waals surface area contributed by atoms with Gasteiger partial charge in [-0.3, -0.25) is 0 Å². The lowest BCUT2D eigenvalue weighted by Crippen LogP contribution is -2.13. The van der Waals surface area contributed by atoms with Crippen LogP contribution in [0.25, 0.3) is 0 Å². The van der Waals surface area contributed by atoms with Gasteiger partial charge in [0.1, 0.15) is 0 Å². The highest BCUT2D eigenvalue weighted by Crippen LogP contribution is 2.18. The minimum absolute atomic E-state index is 1.01. The Morgan fingerprint density at radius 3 is 2.54 bits per heavy atom. The molecule has 1 fully saturated rings. The fourth-order valence-corrected chi connectivity index (χ4v) is 1.67. The van der Waals surface area contributed by atoms with Crippen LogP contribution in [0.1, 0.15) is 26.2 Å². The van der Waals surface area contributed by atoms with Crippen LogP contribution in [-0.2, 0) is 0 Å². The van der Waals surface area contributed by atoms with E-state index in [0.29, 0.717) is 0 Å². The summed E-state index contributed by atoms with van der Waals surface area (Å²) in [4.78, 5) is 10.8. The molecule has 1 unspecified atom stereocenters. The highest BCUT2D eigenvalue weighted by Gasteiger charge is 2.17. The smallest absolute Gasteiger partial charge is 0.291 e. The topological polar surface area (TPSA) is 66.6 Å². The van der Waals surface area contributed by atoms with Gasteiger partial charge in [-0.2, -0.15) is 0 Å². The zero-order valence-corrected chi connectivity index (χ0v) is 8.27. The average Bonchev–Trinajstić information content (AvgIpc) is 2.35. The first-order valence-corrected chi connectivity index (χ1v) is 4.58. The van der Waals surface area contributed by atoms with E-state index in [0.717, 1.165) is 5.92 Å². The first kappa shape index (κ1) is 12.2. The van der Waals surface area contributed by atoms with Gasteiger partial charge in [-0.25, -0.2) is 0 Å². The summed E-state index contributed by atoms with van der Waals surface area (Å²) in [6.45, 7) is 4.94. The summed E-state index contributed by atoms with van der Waals surface area (Å²) >= 11 is 0. The maximum Gasteiger partial charge on any atom is 0.291 e. The number of rotatable bonds is 2.